The Labute approximate surface area is 121 Å². The number of ether oxygens (including phenoxy) is 1. The van der Waals surface area contributed by atoms with Gasteiger partial charge in [-0.05, 0) is 18.6 Å². The Morgan fingerprint density at radius 2 is 2.19 bits per heavy atom. The molecule has 0 aliphatic heterocycles. The number of rotatable bonds is 7. The fourth-order valence-electron chi connectivity index (χ4n) is 2.00. The van der Waals surface area contributed by atoms with Gasteiger partial charge in [0, 0.05) is 6.54 Å². The zero-order valence-electron chi connectivity index (χ0n) is 11.5. The molecule has 1 aromatic heterocycles. The van der Waals surface area contributed by atoms with E-state index in [1.807, 2.05) is 0 Å². The van der Waals surface area contributed by atoms with Crippen molar-refractivity contribution in [2.75, 3.05) is 6.61 Å². The van der Waals surface area contributed by atoms with Crippen LogP contribution in [-0.2, 0) is 22.7 Å². The van der Waals surface area contributed by atoms with E-state index in [2.05, 4.69) is 11.6 Å². The number of aromatic nitrogens is 2. The molecule has 0 radical (unpaired) electrons. The molecule has 0 atom stereocenters. The first-order chi connectivity index (χ1) is 10.1. The second kappa shape index (κ2) is 6.81. The molecule has 0 aliphatic carbocycles. The number of allylic oxidation sites excluding steroid dienone is 1. The smallest absolute Gasteiger partial charge is 0.329 e. The Morgan fingerprint density at radius 1 is 1.43 bits per heavy atom. The van der Waals surface area contributed by atoms with Crippen molar-refractivity contribution in [2.24, 2.45) is 0 Å². The number of para-hydroxylation sites is 1. The van der Waals surface area contributed by atoms with Crippen molar-refractivity contribution >= 4 is 16.9 Å². The van der Waals surface area contributed by atoms with Crippen LogP contribution in [0.4, 0.5) is 0 Å². The van der Waals surface area contributed by atoms with Gasteiger partial charge in [0.1, 0.15) is 19.0 Å². The standard InChI is InChI=1S/C15H16N2O4/c1-2-3-8-17-13(9-21-10-14(18)19)16-12-7-5-4-6-11(12)15(17)20/h2,4-7H,1,3,8-10H2,(H,18,19). The van der Waals surface area contributed by atoms with Gasteiger partial charge in [-0.1, -0.05) is 18.2 Å². The van der Waals surface area contributed by atoms with Crippen LogP contribution in [0, 0.1) is 0 Å². The minimum Gasteiger partial charge on any atom is -0.480 e. The molecule has 6 nitrogen and oxygen atoms in total. The zero-order chi connectivity index (χ0) is 15.2. The highest BCUT2D eigenvalue weighted by molar-refractivity contribution is 5.77. The normalized spacial score (nSPS) is 10.7. The Bertz CT molecular complexity index is 721. The lowest BCUT2D eigenvalue weighted by molar-refractivity contribution is -0.142. The van der Waals surface area contributed by atoms with E-state index in [1.165, 1.54) is 4.57 Å². The predicted octanol–water partition coefficient (Wildman–Crippen LogP) is 1.57. The lowest BCUT2D eigenvalue weighted by Crippen LogP contribution is -2.26. The van der Waals surface area contributed by atoms with Gasteiger partial charge in [-0.3, -0.25) is 9.36 Å². The van der Waals surface area contributed by atoms with Crippen LogP contribution in [0.2, 0.25) is 0 Å². The summed E-state index contributed by atoms with van der Waals surface area (Å²) in [4.78, 5) is 27.4. The van der Waals surface area contributed by atoms with Gasteiger partial charge in [0.05, 0.1) is 10.9 Å². The number of carboxylic acids is 1. The summed E-state index contributed by atoms with van der Waals surface area (Å²) in [5.74, 6) is -0.641. The largest absolute Gasteiger partial charge is 0.480 e. The second-order valence-corrected chi connectivity index (χ2v) is 4.47. The number of hydrogen-bond acceptors (Lipinski definition) is 4. The molecule has 0 amide bonds. The first kappa shape index (κ1) is 14.9. The number of nitrogens with zero attached hydrogens (tertiary/aromatic N) is 2. The van der Waals surface area contributed by atoms with Crippen molar-refractivity contribution in [2.45, 2.75) is 19.6 Å². The number of carboxylic acid groups (broad SMARTS) is 1. The minimum absolute atomic E-state index is 0.0243. The van der Waals surface area contributed by atoms with E-state index in [0.717, 1.165) is 0 Å². The van der Waals surface area contributed by atoms with Gasteiger partial charge in [0.2, 0.25) is 0 Å². The van der Waals surface area contributed by atoms with Crippen molar-refractivity contribution in [3.63, 3.8) is 0 Å². The first-order valence-electron chi connectivity index (χ1n) is 6.52. The Balaban J connectivity index is 2.41. The second-order valence-electron chi connectivity index (χ2n) is 4.47. The number of carbonyl (C=O) groups is 1. The molecular weight excluding hydrogens is 272 g/mol. The molecule has 0 unspecified atom stereocenters. The van der Waals surface area contributed by atoms with Crippen LogP contribution in [0.15, 0.2) is 41.7 Å². The van der Waals surface area contributed by atoms with Crippen molar-refractivity contribution in [3.8, 4) is 0 Å². The maximum atomic E-state index is 12.5. The Kier molecular flexibility index (Phi) is 4.84. The highest BCUT2D eigenvalue weighted by atomic mass is 16.5. The SMILES string of the molecule is C=CCCn1c(COCC(=O)O)nc2ccccc2c1=O. The average molecular weight is 288 g/mol. The highest BCUT2D eigenvalue weighted by Gasteiger charge is 2.11. The van der Waals surface area contributed by atoms with E-state index in [0.29, 0.717) is 29.7 Å². The summed E-state index contributed by atoms with van der Waals surface area (Å²) in [6.07, 6.45) is 2.33. The summed E-state index contributed by atoms with van der Waals surface area (Å²) < 4.78 is 6.56. The Morgan fingerprint density at radius 3 is 2.90 bits per heavy atom. The monoisotopic (exact) mass is 288 g/mol. The van der Waals surface area contributed by atoms with Crippen LogP contribution in [0.25, 0.3) is 10.9 Å². The molecule has 0 bridgehead atoms. The first-order valence-corrected chi connectivity index (χ1v) is 6.52. The van der Waals surface area contributed by atoms with Gasteiger partial charge >= 0.3 is 5.97 Å². The van der Waals surface area contributed by atoms with Crippen LogP contribution in [0.1, 0.15) is 12.2 Å². The van der Waals surface area contributed by atoms with Gasteiger partial charge in [-0.25, -0.2) is 9.78 Å². The van der Waals surface area contributed by atoms with Gasteiger partial charge in [0.25, 0.3) is 5.56 Å². The molecule has 0 saturated carbocycles. The average Bonchev–Trinajstić information content (AvgIpc) is 2.46. The summed E-state index contributed by atoms with van der Waals surface area (Å²) >= 11 is 0. The van der Waals surface area contributed by atoms with Crippen LogP contribution < -0.4 is 5.56 Å². The van der Waals surface area contributed by atoms with Crippen molar-refractivity contribution < 1.29 is 14.6 Å². The topological polar surface area (TPSA) is 81.4 Å². The molecular formula is C15H16N2O4. The molecule has 2 aromatic rings. The van der Waals surface area contributed by atoms with Gasteiger partial charge in [-0.2, -0.15) is 0 Å². The molecule has 0 aliphatic rings. The molecule has 0 saturated heterocycles. The molecule has 1 N–H and O–H groups in total. The van der Waals surface area contributed by atoms with Crippen molar-refractivity contribution in [3.05, 3.63) is 53.1 Å². The van der Waals surface area contributed by atoms with Gasteiger partial charge < -0.3 is 9.84 Å². The van der Waals surface area contributed by atoms with Crippen LogP contribution >= 0.6 is 0 Å². The quantitative estimate of drug-likeness (QED) is 0.782. The summed E-state index contributed by atoms with van der Waals surface area (Å²) in [6.45, 7) is 3.62. The number of aliphatic carboxylic acids is 1. The molecule has 1 aromatic carbocycles. The van der Waals surface area contributed by atoms with Crippen molar-refractivity contribution in [1.82, 2.24) is 9.55 Å². The lowest BCUT2D eigenvalue weighted by atomic mass is 10.2. The molecule has 0 spiro atoms. The third-order valence-corrected chi connectivity index (χ3v) is 2.95. The van der Waals surface area contributed by atoms with Crippen LogP contribution in [0.3, 0.4) is 0 Å². The maximum Gasteiger partial charge on any atom is 0.329 e. The van der Waals surface area contributed by atoms with E-state index in [9.17, 15) is 9.59 Å². The van der Waals surface area contributed by atoms with Crippen molar-refractivity contribution in [1.29, 1.82) is 0 Å². The number of fused-ring (bicyclic) bond motifs is 1. The van der Waals surface area contributed by atoms with E-state index in [1.54, 1.807) is 30.3 Å². The summed E-state index contributed by atoms with van der Waals surface area (Å²) in [5.41, 5.74) is 0.419. The summed E-state index contributed by atoms with van der Waals surface area (Å²) in [7, 11) is 0. The molecule has 6 heteroatoms. The number of hydrogen-bond donors (Lipinski definition) is 1. The molecule has 2 rings (SSSR count). The third kappa shape index (κ3) is 3.55. The Hall–Kier alpha value is -2.47. The van der Waals surface area contributed by atoms with Gasteiger partial charge in [-0.15, -0.1) is 6.58 Å². The number of benzene rings is 1. The highest BCUT2D eigenvalue weighted by Crippen LogP contribution is 2.09. The molecule has 1 heterocycles. The van der Waals surface area contributed by atoms with Crippen LogP contribution in [0.5, 0.6) is 0 Å². The summed E-state index contributed by atoms with van der Waals surface area (Å²) in [5, 5.41) is 9.13. The maximum absolute atomic E-state index is 12.5. The van der Waals surface area contributed by atoms with E-state index in [-0.39, 0.29) is 12.2 Å². The summed E-state index contributed by atoms with van der Waals surface area (Å²) in [6, 6.07) is 7.04. The molecule has 0 fully saturated rings. The van der Waals surface area contributed by atoms with Crippen LogP contribution in [-0.4, -0.2) is 27.2 Å². The van der Waals surface area contributed by atoms with E-state index in [4.69, 9.17) is 9.84 Å². The minimum atomic E-state index is -1.06. The van der Waals surface area contributed by atoms with E-state index >= 15 is 0 Å². The third-order valence-electron chi connectivity index (χ3n) is 2.95. The predicted molar refractivity (Wildman–Crippen MR) is 78.1 cm³/mol. The molecule has 21 heavy (non-hydrogen) atoms. The van der Waals surface area contributed by atoms with Gasteiger partial charge in [0.15, 0.2) is 0 Å². The molecule has 110 valence electrons. The fourth-order valence-corrected chi connectivity index (χ4v) is 2.00. The lowest BCUT2D eigenvalue weighted by Gasteiger charge is -2.12. The fraction of sp³-hybridized carbons (Fsp3) is 0.267. The zero-order valence-corrected chi connectivity index (χ0v) is 11.5. The van der Waals surface area contributed by atoms with E-state index < -0.39 is 12.6 Å².